The Balaban J connectivity index is -0.0000000222. The van der Waals surface area contributed by atoms with E-state index < -0.39 is 25.1 Å². The molecule has 2 aromatic rings. The normalized spacial score (nSPS) is 15.4. The minimum Gasteiger partial charge on any atom is -0.371 e. The number of anilines is 1. The van der Waals surface area contributed by atoms with Gasteiger partial charge in [0.1, 0.15) is 17.7 Å². The van der Waals surface area contributed by atoms with Crippen LogP contribution in [0.5, 0.6) is 0 Å². The molecular formula is C15H64N5O4P. The fraction of sp³-hybridized carbons (Fsp3) is 0.667. The first-order chi connectivity index (χ1) is 11.4. The number of aryl methyl sites for hydroxylation is 1. The maximum atomic E-state index is 11.3. The Morgan fingerprint density at radius 2 is 2.00 bits per heavy atom. The van der Waals surface area contributed by atoms with E-state index in [2.05, 4.69) is 20.3 Å². The van der Waals surface area contributed by atoms with Crippen LogP contribution < -0.4 is 5.32 Å². The van der Waals surface area contributed by atoms with Gasteiger partial charge in [-0.1, -0.05) is 6.92 Å². The molecule has 3 N–H and O–H groups in total. The van der Waals surface area contributed by atoms with Crippen LogP contribution in [0.4, 0.5) is 5.82 Å². The van der Waals surface area contributed by atoms with Crippen LogP contribution in [-0.2, 0) is 14.8 Å². The second-order valence-electron chi connectivity index (χ2n) is 6.74. The molecule has 2 heterocycles. The topological polar surface area (TPSA) is 122 Å². The third kappa shape index (κ3) is 3.69. The van der Waals surface area contributed by atoms with Crippen molar-refractivity contribution in [3.05, 3.63) is 12.2 Å². The van der Waals surface area contributed by atoms with Gasteiger partial charge < -0.3 is 24.4 Å². The van der Waals surface area contributed by atoms with Crippen LogP contribution in [0, 0.1) is 6.92 Å². The van der Waals surface area contributed by atoms with Gasteiger partial charge in [0.2, 0.25) is 0 Å². The lowest BCUT2D eigenvalue weighted by molar-refractivity contribution is -0.0914. The third-order valence-electron chi connectivity index (χ3n) is 4.87. The Labute approximate surface area is 175 Å². The molecule has 0 saturated carbocycles. The lowest BCUT2D eigenvalue weighted by Gasteiger charge is -2.44. The molecule has 0 fully saturated rings. The number of hydrogen-bond donors (Lipinski definition) is 3. The standard InChI is InChI=1S/C15H26N5O4P.19H2/c1-7-15(5,24-9-25(21,22)23)14(3,4)20-8-17-11-12(16-6)18-10(2)19-13(11)20;;;;;;;;;;;;;;;;;;;/h8H,7,9H2,1-6H3,(H,16,18,19)(H2,21,22,23);19*1H/t15-;;;;;;;;;;;;;;;;;;;/m1.................../s1. The van der Waals surface area contributed by atoms with Crippen LogP contribution in [0.2, 0.25) is 0 Å². The minimum absolute atomic E-state index is 0. The summed E-state index contributed by atoms with van der Waals surface area (Å²) in [6.45, 7) is 9.43. The summed E-state index contributed by atoms with van der Waals surface area (Å²) in [7, 11) is -2.50. The zero-order valence-corrected chi connectivity index (χ0v) is 16.3. The van der Waals surface area contributed by atoms with Crippen LogP contribution in [0.25, 0.3) is 11.2 Å². The molecule has 0 aromatic carbocycles. The lowest BCUT2D eigenvalue weighted by Crippen LogP contribution is -2.51. The van der Waals surface area contributed by atoms with Gasteiger partial charge in [0.05, 0.1) is 17.5 Å². The molecule has 10 heteroatoms. The van der Waals surface area contributed by atoms with E-state index in [0.717, 1.165) is 0 Å². The fourth-order valence-electron chi connectivity index (χ4n) is 2.78. The molecule has 1 atom stereocenters. The maximum Gasteiger partial charge on any atom is 0.351 e. The quantitative estimate of drug-likeness (QED) is 0.422. The predicted octanol–water partition coefficient (Wildman–Crippen LogP) is 6.91. The average molecular weight is 410 g/mol. The summed E-state index contributed by atoms with van der Waals surface area (Å²) in [6, 6.07) is 0. The molecule has 0 unspecified atom stereocenters. The zero-order valence-electron chi connectivity index (χ0n) is 15.4. The van der Waals surface area contributed by atoms with Gasteiger partial charge in [0.15, 0.2) is 11.5 Å². The molecule has 178 valence electrons. The second kappa shape index (κ2) is 6.64. The van der Waals surface area contributed by atoms with Gasteiger partial charge in [0, 0.05) is 34.2 Å². The third-order valence-corrected chi connectivity index (χ3v) is 5.33. The number of aromatic nitrogens is 4. The first kappa shape index (κ1) is 19.8. The van der Waals surface area contributed by atoms with Crippen LogP contribution in [0.15, 0.2) is 6.33 Å². The highest BCUT2D eigenvalue weighted by Crippen LogP contribution is 2.42. The van der Waals surface area contributed by atoms with Crippen LogP contribution in [-0.4, -0.2) is 48.3 Å². The molecule has 0 aliphatic rings. The molecular weight excluding hydrogens is 345 g/mol. The number of fused-ring (bicyclic) bond motifs is 1. The Hall–Kier alpha value is -1.54. The molecule has 0 aliphatic carbocycles. The smallest absolute Gasteiger partial charge is 0.351 e. The van der Waals surface area contributed by atoms with Crippen molar-refractivity contribution in [3.63, 3.8) is 0 Å². The summed E-state index contributed by atoms with van der Waals surface area (Å²) in [4.78, 5) is 31.6. The van der Waals surface area contributed by atoms with Crippen LogP contribution in [0.1, 0.15) is 67.0 Å². The molecule has 0 aliphatic heterocycles. The summed E-state index contributed by atoms with van der Waals surface area (Å²) >= 11 is 0. The van der Waals surface area contributed by atoms with Gasteiger partial charge in [0.25, 0.3) is 0 Å². The Kier molecular flexibility index (Phi) is 5.26. The highest BCUT2D eigenvalue weighted by Gasteiger charge is 2.44. The van der Waals surface area contributed by atoms with Crippen molar-refractivity contribution in [2.24, 2.45) is 0 Å². The van der Waals surface area contributed by atoms with Gasteiger partial charge in [-0.25, -0.2) is 15.0 Å². The van der Waals surface area contributed by atoms with Gasteiger partial charge in [-0.3, -0.25) is 4.57 Å². The maximum absolute atomic E-state index is 11.3. The molecule has 25 heavy (non-hydrogen) atoms. The van der Waals surface area contributed by atoms with Crippen molar-refractivity contribution in [1.29, 1.82) is 0 Å². The number of rotatable bonds is 7. The van der Waals surface area contributed by atoms with Crippen molar-refractivity contribution >= 4 is 24.6 Å². The predicted molar refractivity (Wildman–Crippen MR) is 136 cm³/mol. The van der Waals surface area contributed by atoms with E-state index in [-0.39, 0.29) is 27.1 Å². The molecule has 0 bridgehead atoms. The summed E-state index contributed by atoms with van der Waals surface area (Å²) in [5, 5.41) is 3.01. The SMILES string of the molecule is CC[C@@](C)(OCP(=O)(O)O)C(C)(C)n1cnc2c(NC)nc(C)nc21.[HH].[HH].[HH].[HH].[HH].[HH].[HH].[HH].[HH].[HH].[HH].[HH].[HH].[HH].[HH].[HH].[HH].[HH].[HH]. The Morgan fingerprint density at radius 3 is 2.52 bits per heavy atom. The molecule has 2 aromatic heterocycles. The van der Waals surface area contributed by atoms with Crippen molar-refractivity contribution in [2.45, 2.75) is 52.2 Å². The monoisotopic (exact) mass is 409 g/mol. The number of imidazole rings is 1. The Morgan fingerprint density at radius 1 is 1.36 bits per heavy atom. The van der Waals surface area contributed by atoms with Crippen molar-refractivity contribution < 1.29 is 46.2 Å². The van der Waals surface area contributed by atoms with E-state index >= 15 is 0 Å². The van der Waals surface area contributed by atoms with Crippen molar-refractivity contribution in [2.75, 3.05) is 18.7 Å². The highest BCUT2D eigenvalue weighted by molar-refractivity contribution is 7.51. The van der Waals surface area contributed by atoms with E-state index in [4.69, 9.17) is 4.74 Å². The number of nitrogens with one attached hydrogen (secondary N) is 1. The zero-order chi connectivity index (χ0) is 19.0. The molecule has 0 amide bonds. The minimum atomic E-state index is -4.27. The number of hydrogen-bond acceptors (Lipinski definition) is 6. The van der Waals surface area contributed by atoms with Gasteiger partial charge in [-0.05, 0) is 34.1 Å². The molecule has 0 spiro atoms. The summed E-state index contributed by atoms with van der Waals surface area (Å²) in [5.41, 5.74) is -0.242. The lowest BCUT2D eigenvalue weighted by atomic mass is 9.81. The number of ether oxygens (including phenoxy) is 1. The first-order valence-corrected chi connectivity index (χ1v) is 9.83. The summed E-state index contributed by atoms with van der Waals surface area (Å²) in [6.07, 6.45) is 1.57. The van der Waals surface area contributed by atoms with Crippen molar-refractivity contribution in [3.8, 4) is 0 Å². The van der Waals surface area contributed by atoms with Gasteiger partial charge in [-0.2, -0.15) is 0 Å². The second-order valence-corrected chi connectivity index (χ2v) is 8.33. The van der Waals surface area contributed by atoms with E-state index in [9.17, 15) is 14.4 Å². The molecule has 0 saturated heterocycles. The molecule has 2 rings (SSSR count). The Bertz CT molecular complexity index is 859. The van der Waals surface area contributed by atoms with Crippen LogP contribution >= 0.6 is 7.60 Å². The molecule has 0 radical (unpaired) electrons. The van der Waals surface area contributed by atoms with Crippen molar-refractivity contribution in [1.82, 2.24) is 19.5 Å². The van der Waals surface area contributed by atoms with Crippen LogP contribution in [0.3, 0.4) is 0 Å². The van der Waals surface area contributed by atoms with E-state index in [1.54, 1.807) is 20.3 Å². The fourth-order valence-corrected chi connectivity index (χ4v) is 3.24. The van der Waals surface area contributed by atoms with Gasteiger partial charge >= 0.3 is 7.60 Å². The number of nitrogens with zero attached hydrogens (tertiary/aromatic N) is 4. The largest absolute Gasteiger partial charge is 0.371 e. The summed E-state index contributed by atoms with van der Waals surface area (Å²) < 4.78 is 18.8. The first-order valence-electron chi connectivity index (χ1n) is 8.03. The van der Waals surface area contributed by atoms with E-state index in [1.807, 2.05) is 32.3 Å². The van der Waals surface area contributed by atoms with E-state index in [1.165, 1.54) is 0 Å². The summed E-state index contributed by atoms with van der Waals surface area (Å²) in [5.74, 6) is 1.23. The van der Waals surface area contributed by atoms with E-state index in [0.29, 0.717) is 29.2 Å². The van der Waals surface area contributed by atoms with Gasteiger partial charge in [-0.15, -0.1) is 0 Å². The average Bonchev–Trinajstić information content (AvgIpc) is 2.95. The highest BCUT2D eigenvalue weighted by atomic mass is 31.2. The molecule has 9 nitrogen and oxygen atoms in total.